The third-order valence-corrected chi connectivity index (χ3v) is 5.87. The zero-order valence-electron chi connectivity index (χ0n) is 16.1. The summed E-state index contributed by atoms with van der Waals surface area (Å²) in [5.74, 6) is 1.63. The molecule has 1 atom stereocenters. The Labute approximate surface area is 178 Å². The van der Waals surface area contributed by atoms with Gasteiger partial charge in [-0.1, -0.05) is 29.3 Å². The molecule has 0 saturated carbocycles. The van der Waals surface area contributed by atoms with Crippen LogP contribution in [-0.2, 0) is 0 Å². The predicted molar refractivity (Wildman–Crippen MR) is 113 cm³/mol. The van der Waals surface area contributed by atoms with Crippen molar-refractivity contribution >= 4 is 29.1 Å². The number of halogens is 2. The number of aromatic amines is 1. The Balaban J connectivity index is 1.63. The average Bonchev–Trinajstić information content (AvgIpc) is 3.38. The molecule has 4 rings (SSSR count). The molecule has 0 aliphatic carbocycles. The van der Waals surface area contributed by atoms with E-state index in [0.29, 0.717) is 45.1 Å². The molecule has 8 heteroatoms. The van der Waals surface area contributed by atoms with Gasteiger partial charge in [-0.3, -0.25) is 9.89 Å². The fourth-order valence-corrected chi connectivity index (χ4v) is 4.04. The first-order valence-corrected chi connectivity index (χ1v) is 10.1. The van der Waals surface area contributed by atoms with E-state index in [4.69, 9.17) is 27.9 Å². The molecule has 0 unspecified atom stereocenters. The number of para-hydroxylation sites is 1. The number of carbonyl (C=O) groups excluding carboxylic acids is 1. The van der Waals surface area contributed by atoms with Crippen LogP contribution in [0, 0.1) is 6.92 Å². The van der Waals surface area contributed by atoms with Crippen LogP contribution in [0.5, 0.6) is 5.75 Å². The van der Waals surface area contributed by atoms with Crippen LogP contribution in [0.4, 0.5) is 0 Å². The van der Waals surface area contributed by atoms with Gasteiger partial charge in [-0.15, -0.1) is 0 Å². The molecule has 1 saturated heterocycles. The van der Waals surface area contributed by atoms with Crippen molar-refractivity contribution in [3.63, 3.8) is 0 Å². The largest absolute Gasteiger partial charge is 0.494 e. The fourth-order valence-electron chi connectivity index (χ4n) is 3.67. The number of methoxy groups -OCH3 is 1. The molecule has 0 bridgehead atoms. The standard InChI is InChI=1S/C21H20Cl2N4O2/c1-12-11-13(8-9-15(12)22)21(28)27-10-4-7-17(27)20-24-19(25-26-20)14-5-3-6-16(23)18(14)29-2/h3,5-6,8-9,11,17H,4,7,10H2,1-2H3,(H,24,25,26)/t17-/m0/s1. The Morgan fingerprint density at radius 1 is 1.24 bits per heavy atom. The van der Waals surface area contributed by atoms with Gasteiger partial charge in [-0.25, -0.2) is 4.98 Å². The Morgan fingerprint density at radius 3 is 2.83 bits per heavy atom. The molecule has 1 N–H and O–H groups in total. The number of nitrogens with zero attached hydrogens (tertiary/aromatic N) is 3. The van der Waals surface area contributed by atoms with Crippen LogP contribution in [-0.4, -0.2) is 39.6 Å². The molecule has 0 radical (unpaired) electrons. The van der Waals surface area contributed by atoms with Crippen molar-refractivity contribution in [3.05, 3.63) is 63.4 Å². The maximum absolute atomic E-state index is 13.1. The van der Waals surface area contributed by atoms with Crippen molar-refractivity contribution < 1.29 is 9.53 Å². The third kappa shape index (κ3) is 3.70. The number of aryl methyl sites for hydroxylation is 1. The molecule has 1 aliphatic rings. The van der Waals surface area contributed by atoms with E-state index in [1.165, 1.54) is 0 Å². The van der Waals surface area contributed by atoms with E-state index in [1.54, 1.807) is 25.3 Å². The molecule has 1 fully saturated rings. The van der Waals surface area contributed by atoms with Crippen LogP contribution in [0.3, 0.4) is 0 Å². The van der Waals surface area contributed by atoms with Crippen LogP contribution in [0.25, 0.3) is 11.4 Å². The van der Waals surface area contributed by atoms with Gasteiger partial charge in [0, 0.05) is 17.1 Å². The predicted octanol–water partition coefficient (Wildman–Crippen LogP) is 5.07. The Hall–Kier alpha value is -2.57. The molecular weight excluding hydrogens is 411 g/mol. The van der Waals surface area contributed by atoms with Crippen LogP contribution < -0.4 is 4.74 Å². The number of hydrogen-bond acceptors (Lipinski definition) is 4. The van der Waals surface area contributed by atoms with Crippen molar-refractivity contribution in [3.8, 4) is 17.1 Å². The smallest absolute Gasteiger partial charge is 0.254 e. The van der Waals surface area contributed by atoms with Crippen LogP contribution in [0.1, 0.15) is 40.6 Å². The zero-order chi connectivity index (χ0) is 20.5. The van der Waals surface area contributed by atoms with Gasteiger partial charge in [0.15, 0.2) is 5.82 Å². The maximum Gasteiger partial charge on any atom is 0.254 e. The van der Waals surface area contributed by atoms with E-state index < -0.39 is 0 Å². The second-order valence-corrected chi connectivity index (χ2v) is 7.80. The van der Waals surface area contributed by atoms with E-state index in [2.05, 4.69) is 15.2 Å². The van der Waals surface area contributed by atoms with Crippen molar-refractivity contribution in [1.29, 1.82) is 0 Å². The Kier molecular flexibility index (Phi) is 5.48. The van der Waals surface area contributed by atoms with Crippen molar-refractivity contribution in [2.75, 3.05) is 13.7 Å². The third-order valence-electron chi connectivity index (χ3n) is 5.15. The molecule has 1 aliphatic heterocycles. The van der Waals surface area contributed by atoms with Gasteiger partial charge in [-0.2, -0.15) is 5.10 Å². The quantitative estimate of drug-likeness (QED) is 0.626. The summed E-state index contributed by atoms with van der Waals surface area (Å²) in [6, 6.07) is 10.6. The zero-order valence-corrected chi connectivity index (χ0v) is 17.6. The van der Waals surface area contributed by atoms with Crippen molar-refractivity contribution in [2.45, 2.75) is 25.8 Å². The summed E-state index contributed by atoms with van der Waals surface area (Å²) in [4.78, 5) is 19.6. The normalized spacial score (nSPS) is 16.3. The first kappa shape index (κ1) is 19.7. The minimum atomic E-state index is -0.162. The Bertz CT molecular complexity index is 1070. The topological polar surface area (TPSA) is 71.1 Å². The molecule has 6 nitrogen and oxygen atoms in total. The van der Waals surface area contributed by atoms with Gasteiger partial charge in [-0.05, 0) is 55.7 Å². The summed E-state index contributed by atoms with van der Waals surface area (Å²) < 4.78 is 5.40. The second-order valence-electron chi connectivity index (χ2n) is 6.99. The monoisotopic (exact) mass is 430 g/mol. The number of carbonyl (C=O) groups is 1. The van der Waals surface area contributed by atoms with Gasteiger partial charge in [0.05, 0.1) is 23.7 Å². The van der Waals surface area contributed by atoms with Gasteiger partial charge >= 0.3 is 0 Å². The van der Waals surface area contributed by atoms with Crippen LogP contribution in [0.15, 0.2) is 36.4 Å². The highest BCUT2D eigenvalue weighted by atomic mass is 35.5. The van der Waals surface area contributed by atoms with E-state index >= 15 is 0 Å². The van der Waals surface area contributed by atoms with Crippen LogP contribution >= 0.6 is 23.2 Å². The number of rotatable bonds is 4. The Morgan fingerprint density at radius 2 is 2.07 bits per heavy atom. The summed E-state index contributed by atoms with van der Waals surface area (Å²) >= 11 is 12.3. The minimum absolute atomic E-state index is 0.0365. The lowest BCUT2D eigenvalue weighted by molar-refractivity contribution is 0.0730. The number of amides is 1. The first-order chi connectivity index (χ1) is 14.0. The summed E-state index contributed by atoms with van der Waals surface area (Å²) in [6.45, 7) is 2.56. The van der Waals surface area contributed by atoms with E-state index in [9.17, 15) is 4.79 Å². The van der Waals surface area contributed by atoms with Gasteiger partial charge in [0.25, 0.3) is 5.91 Å². The van der Waals surface area contributed by atoms with Crippen molar-refractivity contribution in [1.82, 2.24) is 20.1 Å². The minimum Gasteiger partial charge on any atom is -0.494 e. The fraction of sp³-hybridized carbons (Fsp3) is 0.286. The number of likely N-dealkylation sites (tertiary alicyclic amines) is 1. The molecule has 0 spiro atoms. The summed E-state index contributed by atoms with van der Waals surface area (Å²) in [5.41, 5.74) is 2.20. The van der Waals surface area contributed by atoms with Crippen molar-refractivity contribution in [2.24, 2.45) is 0 Å². The van der Waals surface area contributed by atoms with Gasteiger partial charge < -0.3 is 9.64 Å². The number of nitrogens with one attached hydrogen (secondary N) is 1. The number of H-pyrrole nitrogens is 1. The molecule has 3 aromatic rings. The molecule has 150 valence electrons. The lowest BCUT2D eigenvalue weighted by Gasteiger charge is -2.23. The highest BCUT2D eigenvalue weighted by molar-refractivity contribution is 6.32. The lowest BCUT2D eigenvalue weighted by Crippen LogP contribution is -2.31. The number of hydrogen-bond donors (Lipinski definition) is 1. The van der Waals surface area contributed by atoms with Crippen LogP contribution in [0.2, 0.25) is 10.0 Å². The summed E-state index contributed by atoms with van der Waals surface area (Å²) in [5, 5.41) is 8.48. The highest BCUT2D eigenvalue weighted by Crippen LogP contribution is 2.36. The second kappa shape index (κ2) is 8.05. The molecular formula is C21H20Cl2N4O2. The maximum atomic E-state index is 13.1. The first-order valence-electron chi connectivity index (χ1n) is 9.32. The molecule has 2 aromatic carbocycles. The number of benzene rings is 2. The highest BCUT2D eigenvalue weighted by Gasteiger charge is 2.33. The summed E-state index contributed by atoms with van der Waals surface area (Å²) in [6.07, 6.45) is 1.72. The van der Waals surface area contributed by atoms with Gasteiger partial charge in [0.2, 0.25) is 0 Å². The molecule has 29 heavy (non-hydrogen) atoms. The number of ether oxygens (including phenoxy) is 1. The SMILES string of the molecule is COc1c(Cl)cccc1-c1n[nH]c([C@@H]2CCCN2C(=O)c2ccc(Cl)c(C)c2)n1. The molecule has 1 aromatic heterocycles. The van der Waals surface area contributed by atoms with Gasteiger partial charge in [0.1, 0.15) is 11.6 Å². The van der Waals surface area contributed by atoms with E-state index in [-0.39, 0.29) is 11.9 Å². The number of aromatic nitrogens is 3. The van der Waals surface area contributed by atoms with E-state index in [1.807, 2.05) is 30.0 Å². The average molecular weight is 431 g/mol. The lowest BCUT2D eigenvalue weighted by atomic mass is 10.1. The summed E-state index contributed by atoms with van der Waals surface area (Å²) in [7, 11) is 1.56. The van der Waals surface area contributed by atoms with E-state index in [0.717, 1.165) is 18.4 Å². The molecule has 1 amide bonds. The molecule has 2 heterocycles.